The number of anilines is 2. The topological polar surface area (TPSA) is 123 Å². The molecular formula is C23H22N4O4. The second-order valence-corrected chi connectivity index (χ2v) is 6.60. The lowest BCUT2D eigenvalue weighted by molar-refractivity contribution is -0.118. The van der Waals surface area contributed by atoms with E-state index in [2.05, 4.69) is 16.0 Å². The van der Waals surface area contributed by atoms with Gasteiger partial charge in [-0.25, -0.2) is 4.79 Å². The van der Waals surface area contributed by atoms with E-state index in [0.717, 1.165) is 5.56 Å². The average Bonchev–Trinajstić information content (AvgIpc) is 2.77. The normalized spacial score (nSPS) is 10.1. The first-order valence-corrected chi connectivity index (χ1v) is 9.51. The number of rotatable bonds is 8. The molecule has 0 fully saturated rings. The van der Waals surface area contributed by atoms with Crippen molar-refractivity contribution >= 4 is 29.2 Å². The third-order valence-electron chi connectivity index (χ3n) is 4.20. The number of ether oxygens (including phenoxy) is 1. The Bertz CT molecular complexity index is 1050. The largest absolute Gasteiger partial charge is 0.484 e. The number of hydrogen-bond donors (Lipinski definition) is 4. The van der Waals surface area contributed by atoms with E-state index >= 15 is 0 Å². The molecular weight excluding hydrogens is 396 g/mol. The molecule has 5 N–H and O–H groups in total. The summed E-state index contributed by atoms with van der Waals surface area (Å²) in [5.74, 6) is -0.131. The molecule has 0 atom stereocenters. The van der Waals surface area contributed by atoms with Crippen LogP contribution in [0, 0.1) is 0 Å². The number of para-hydroxylation sites is 1. The monoisotopic (exact) mass is 418 g/mol. The number of nitrogens with one attached hydrogen (secondary N) is 3. The molecule has 3 rings (SSSR count). The third-order valence-corrected chi connectivity index (χ3v) is 4.20. The first kappa shape index (κ1) is 21.4. The van der Waals surface area contributed by atoms with Gasteiger partial charge in [0.2, 0.25) is 0 Å². The SMILES string of the molecule is NC(=O)NCc1ccc(C(=O)Nc2cccc(OCC(=O)Nc3ccccc3)c2)cc1. The van der Waals surface area contributed by atoms with Crippen LogP contribution >= 0.6 is 0 Å². The fourth-order valence-corrected chi connectivity index (χ4v) is 2.70. The lowest BCUT2D eigenvalue weighted by Gasteiger charge is -2.10. The molecule has 0 aliphatic rings. The predicted octanol–water partition coefficient (Wildman–Crippen LogP) is 3.12. The summed E-state index contributed by atoms with van der Waals surface area (Å²) in [4.78, 5) is 35.2. The molecule has 4 amide bonds. The predicted molar refractivity (Wildman–Crippen MR) is 118 cm³/mol. The van der Waals surface area contributed by atoms with Crippen LogP contribution in [0.25, 0.3) is 0 Å². The zero-order chi connectivity index (χ0) is 22.1. The number of benzene rings is 3. The van der Waals surface area contributed by atoms with E-state index in [0.29, 0.717) is 22.7 Å². The standard InChI is InChI=1S/C23H22N4O4/c24-23(30)25-14-16-9-11-17(12-10-16)22(29)27-19-7-4-8-20(13-19)31-15-21(28)26-18-5-2-1-3-6-18/h1-13H,14-15H2,(H,26,28)(H,27,29)(H3,24,25,30). The Balaban J connectivity index is 1.53. The van der Waals surface area contributed by atoms with Gasteiger partial charge in [0.05, 0.1) is 0 Å². The van der Waals surface area contributed by atoms with Crippen LogP contribution in [0.3, 0.4) is 0 Å². The zero-order valence-corrected chi connectivity index (χ0v) is 16.6. The molecule has 0 bridgehead atoms. The Morgan fingerprint density at radius 1 is 0.806 bits per heavy atom. The Labute approximate surface area is 179 Å². The van der Waals surface area contributed by atoms with Gasteiger partial charge in [-0.15, -0.1) is 0 Å². The van der Waals surface area contributed by atoms with Crippen LogP contribution < -0.4 is 26.4 Å². The molecule has 0 aliphatic heterocycles. The van der Waals surface area contributed by atoms with E-state index in [1.54, 1.807) is 60.7 Å². The van der Waals surface area contributed by atoms with E-state index in [1.165, 1.54) is 0 Å². The van der Waals surface area contributed by atoms with Crippen molar-refractivity contribution in [2.24, 2.45) is 5.73 Å². The number of urea groups is 1. The van der Waals surface area contributed by atoms with Gasteiger partial charge in [-0.1, -0.05) is 36.4 Å². The maximum Gasteiger partial charge on any atom is 0.312 e. The first-order chi connectivity index (χ1) is 15.0. The van der Waals surface area contributed by atoms with E-state index in [-0.39, 0.29) is 25.0 Å². The van der Waals surface area contributed by atoms with Gasteiger partial charge < -0.3 is 26.4 Å². The summed E-state index contributed by atoms with van der Waals surface area (Å²) < 4.78 is 5.52. The quantitative estimate of drug-likeness (QED) is 0.449. The lowest BCUT2D eigenvalue weighted by Crippen LogP contribution is -2.28. The molecule has 3 aromatic rings. The van der Waals surface area contributed by atoms with Gasteiger partial charge in [0.25, 0.3) is 11.8 Å². The summed E-state index contributed by atoms with van der Waals surface area (Å²) >= 11 is 0. The van der Waals surface area contributed by atoms with Crippen LogP contribution in [0.5, 0.6) is 5.75 Å². The summed E-state index contributed by atoms with van der Waals surface area (Å²) in [7, 11) is 0. The van der Waals surface area contributed by atoms with Gasteiger partial charge in [0.15, 0.2) is 6.61 Å². The minimum atomic E-state index is -0.610. The van der Waals surface area contributed by atoms with Crippen molar-refractivity contribution in [1.29, 1.82) is 0 Å². The Morgan fingerprint density at radius 2 is 1.52 bits per heavy atom. The number of carbonyl (C=O) groups excluding carboxylic acids is 3. The summed E-state index contributed by atoms with van der Waals surface area (Å²) in [6, 6.07) is 22.0. The van der Waals surface area contributed by atoms with Crippen LogP contribution in [0.15, 0.2) is 78.9 Å². The minimum absolute atomic E-state index is 0.160. The van der Waals surface area contributed by atoms with Crippen molar-refractivity contribution in [2.75, 3.05) is 17.2 Å². The Morgan fingerprint density at radius 3 is 2.23 bits per heavy atom. The minimum Gasteiger partial charge on any atom is -0.484 e. The molecule has 0 spiro atoms. The summed E-state index contributed by atoms with van der Waals surface area (Å²) in [6.45, 7) is 0.127. The highest BCUT2D eigenvalue weighted by atomic mass is 16.5. The van der Waals surface area contributed by atoms with Crippen molar-refractivity contribution < 1.29 is 19.1 Å². The Hall–Kier alpha value is -4.33. The molecule has 8 heteroatoms. The number of amides is 4. The van der Waals surface area contributed by atoms with Gasteiger partial charge in [0, 0.05) is 29.5 Å². The van der Waals surface area contributed by atoms with E-state index < -0.39 is 6.03 Å². The van der Waals surface area contributed by atoms with Crippen molar-refractivity contribution in [3.05, 3.63) is 90.0 Å². The van der Waals surface area contributed by atoms with Gasteiger partial charge in [-0.2, -0.15) is 0 Å². The molecule has 0 saturated carbocycles. The number of hydrogen-bond acceptors (Lipinski definition) is 4. The lowest BCUT2D eigenvalue weighted by atomic mass is 10.1. The summed E-state index contributed by atoms with van der Waals surface area (Å²) in [6.07, 6.45) is 0. The van der Waals surface area contributed by atoms with Gasteiger partial charge in [-0.3, -0.25) is 9.59 Å². The van der Waals surface area contributed by atoms with Crippen LogP contribution in [0.4, 0.5) is 16.2 Å². The van der Waals surface area contributed by atoms with E-state index in [4.69, 9.17) is 10.5 Å². The van der Waals surface area contributed by atoms with Crippen LogP contribution in [0.1, 0.15) is 15.9 Å². The third kappa shape index (κ3) is 6.90. The summed E-state index contributed by atoms with van der Waals surface area (Å²) in [5, 5.41) is 8.01. The van der Waals surface area contributed by atoms with Crippen LogP contribution in [0.2, 0.25) is 0 Å². The van der Waals surface area contributed by atoms with E-state index in [9.17, 15) is 14.4 Å². The number of carbonyl (C=O) groups is 3. The maximum atomic E-state index is 12.5. The first-order valence-electron chi connectivity index (χ1n) is 9.51. The molecule has 0 saturated heterocycles. The zero-order valence-electron chi connectivity index (χ0n) is 16.6. The van der Waals surface area contributed by atoms with Gasteiger partial charge >= 0.3 is 6.03 Å². The van der Waals surface area contributed by atoms with Crippen molar-refractivity contribution in [2.45, 2.75) is 6.54 Å². The molecule has 0 aliphatic carbocycles. The second-order valence-electron chi connectivity index (χ2n) is 6.60. The second kappa shape index (κ2) is 10.4. The Kier molecular flexibility index (Phi) is 7.21. The van der Waals surface area contributed by atoms with Crippen molar-refractivity contribution in [3.8, 4) is 5.75 Å². The van der Waals surface area contributed by atoms with E-state index in [1.807, 2.05) is 18.2 Å². The highest BCUT2D eigenvalue weighted by Gasteiger charge is 2.08. The molecule has 0 unspecified atom stereocenters. The van der Waals surface area contributed by atoms with Gasteiger partial charge in [0.1, 0.15) is 5.75 Å². The molecule has 8 nitrogen and oxygen atoms in total. The van der Waals surface area contributed by atoms with Crippen LogP contribution in [-0.2, 0) is 11.3 Å². The number of nitrogens with two attached hydrogens (primary N) is 1. The maximum absolute atomic E-state index is 12.5. The highest BCUT2D eigenvalue weighted by Crippen LogP contribution is 2.18. The number of primary amides is 1. The molecule has 158 valence electrons. The van der Waals surface area contributed by atoms with Crippen molar-refractivity contribution in [1.82, 2.24) is 5.32 Å². The highest BCUT2D eigenvalue weighted by molar-refractivity contribution is 6.04. The molecule has 0 radical (unpaired) electrons. The van der Waals surface area contributed by atoms with Crippen molar-refractivity contribution in [3.63, 3.8) is 0 Å². The fraction of sp³-hybridized carbons (Fsp3) is 0.0870. The molecule has 3 aromatic carbocycles. The smallest absolute Gasteiger partial charge is 0.312 e. The van der Waals surface area contributed by atoms with Gasteiger partial charge in [-0.05, 0) is 42.0 Å². The molecule has 31 heavy (non-hydrogen) atoms. The molecule has 0 heterocycles. The average molecular weight is 418 g/mol. The van der Waals surface area contributed by atoms with Crippen LogP contribution in [-0.4, -0.2) is 24.5 Å². The fourth-order valence-electron chi connectivity index (χ4n) is 2.70. The summed E-state index contributed by atoms with van der Waals surface area (Å²) in [5.41, 5.74) is 7.54. The molecule has 0 aromatic heterocycles.